The lowest BCUT2D eigenvalue weighted by Crippen LogP contribution is -2.39. The van der Waals surface area contributed by atoms with Crippen LogP contribution in [-0.2, 0) is 6.42 Å². The lowest BCUT2D eigenvalue weighted by molar-refractivity contribution is 0.0926. The maximum atomic E-state index is 13.5. The molecule has 0 radical (unpaired) electrons. The lowest BCUT2D eigenvalue weighted by Gasteiger charge is -2.44. The van der Waals surface area contributed by atoms with Crippen LogP contribution < -0.4 is 5.73 Å². The molecule has 0 unspecified atom stereocenters. The highest BCUT2D eigenvalue weighted by molar-refractivity contribution is 6.31. The van der Waals surface area contributed by atoms with E-state index in [9.17, 15) is 4.39 Å². The Morgan fingerprint density at radius 2 is 1.90 bits per heavy atom. The van der Waals surface area contributed by atoms with Gasteiger partial charge >= 0.3 is 0 Å². The van der Waals surface area contributed by atoms with Crippen LogP contribution in [-0.4, -0.2) is 6.54 Å². The van der Waals surface area contributed by atoms with Gasteiger partial charge in [-0.2, -0.15) is 0 Å². The van der Waals surface area contributed by atoms with Gasteiger partial charge in [0.15, 0.2) is 0 Å². The van der Waals surface area contributed by atoms with E-state index in [1.165, 1.54) is 18.9 Å². The summed E-state index contributed by atoms with van der Waals surface area (Å²) in [5.41, 5.74) is 7.43. The molecule has 1 aromatic carbocycles. The summed E-state index contributed by atoms with van der Waals surface area (Å²) in [7, 11) is 0. The van der Waals surface area contributed by atoms with Gasteiger partial charge < -0.3 is 5.73 Å². The minimum absolute atomic E-state index is 0.0825. The number of rotatable bonds is 3. The molecule has 0 spiro atoms. The van der Waals surface area contributed by atoms with Crippen LogP contribution in [0.5, 0.6) is 0 Å². The third kappa shape index (κ3) is 3.98. The highest BCUT2D eigenvalue weighted by Gasteiger charge is 2.38. The van der Waals surface area contributed by atoms with Gasteiger partial charge in [0.05, 0.1) is 0 Å². The van der Waals surface area contributed by atoms with E-state index in [0.29, 0.717) is 17.0 Å². The monoisotopic (exact) mass is 311 g/mol. The molecule has 3 heteroatoms. The van der Waals surface area contributed by atoms with E-state index in [2.05, 4.69) is 20.8 Å². The minimum Gasteiger partial charge on any atom is -0.330 e. The maximum Gasteiger partial charge on any atom is 0.123 e. The molecule has 0 aromatic heterocycles. The SMILES string of the molecule is CC(C)(C)C1CCC(CN)(Cc2cc(F)ccc2Cl)CC1. The van der Waals surface area contributed by atoms with E-state index in [4.69, 9.17) is 17.3 Å². The first-order valence-electron chi connectivity index (χ1n) is 7.90. The van der Waals surface area contributed by atoms with Crippen molar-refractivity contribution in [2.75, 3.05) is 6.54 Å². The van der Waals surface area contributed by atoms with Crippen molar-refractivity contribution >= 4 is 11.6 Å². The van der Waals surface area contributed by atoms with Gasteiger partial charge in [-0.3, -0.25) is 0 Å². The standard InChI is InChI=1S/C18H27ClFN/c1-17(2,3)14-6-8-18(12-21,9-7-14)11-13-10-15(20)4-5-16(13)19/h4-5,10,14H,6-9,11-12,21H2,1-3H3. The summed E-state index contributed by atoms with van der Waals surface area (Å²) in [6.07, 6.45) is 5.41. The predicted octanol–water partition coefficient (Wildman–Crippen LogP) is 5.20. The third-order valence-corrected chi connectivity index (χ3v) is 5.65. The van der Waals surface area contributed by atoms with Crippen molar-refractivity contribution < 1.29 is 4.39 Å². The average molecular weight is 312 g/mol. The largest absolute Gasteiger partial charge is 0.330 e. The van der Waals surface area contributed by atoms with Crippen LogP contribution >= 0.6 is 11.6 Å². The quantitative estimate of drug-likeness (QED) is 0.815. The van der Waals surface area contributed by atoms with Crippen molar-refractivity contribution in [2.24, 2.45) is 22.5 Å². The molecular formula is C18H27ClFN. The predicted molar refractivity (Wildman–Crippen MR) is 88.0 cm³/mol. The van der Waals surface area contributed by atoms with Crippen LogP contribution in [0.2, 0.25) is 5.02 Å². The summed E-state index contributed by atoms with van der Waals surface area (Å²) < 4.78 is 13.5. The first kappa shape index (κ1) is 16.8. The Kier molecular flexibility index (Phi) is 4.99. The smallest absolute Gasteiger partial charge is 0.123 e. The second-order valence-corrected chi connectivity index (χ2v) is 8.16. The maximum absolute atomic E-state index is 13.5. The van der Waals surface area contributed by atoms with E-state index < -0.39 is 0 Å². The molecule has 0 saturated heterocycles. The molecule has 21 heavy (non-hydrogen) atoms. The van der Waals surface area contributed by atoms with Crippen molar-refractivity contribution in [1.29, 1.82) is 0 Å². The molecule has 1 aliphatic rings. The summed E-state index contributed by atoms with van der Waals surface area (Å²) in [6, 6.07) is 4.63. The van der Waals surface area contributed by atoms with Crippen molar-refractivity contribution in [2.45, 2.75) is 52.9 Å². The van der Waals surface area contributed by atoms with Crippen molar-refractivity contribution in [3.05, 3.63) is 34.6 Å². The number of hydrogen-bond acceptors (Lipinski definition) is 1. The van der Waals surface area contributed by atoms with Crippen LogP contribution in [0.25, 0.3) is 0 Å². The minimum atomic E-state index is -0.218. The van der Waals surface area contributed by atoms with E-state index in [0.717, 1.165) is 30.7 Å². The Morgan fingerprint density at radius 3 is 2.43 bits per heavy atom. The number of nitrogens with two attached hydrogens (primary N) is 1. The van der Waals surface area contributed by atoms with Crippen LogP contribution in [0.4, 0.5) is 4.39 Å². The first-order valence-corrected chi connectivity index (χ1v) is 8.28. The van der Waals surface area contributed by atoms with Gasteiger partial charge in [-0.05, 0) is 79.2 Å². The highest BCUT2D eigenvalue weighted by Crippen LogP contribution is 2.46. The molecule has 0 amide bonds. The van der Waals surface area contributed by atoms with Crippen LogP contribution in [0.1, 0.15) is 52.0 Å². The number of benzene rings is 1. The Balaban J connectivity index is 2.12. The molecule has 1 fully saturated rings. The molecule has 1 nitrogen and oxygen atoms in total. The molecule has 1 saturated carbocycles. The molecule has 2 N–H and O–H groups in total. The van der Waals surface area contributed by atoms with Crippen LogP contribution in [0.3, 0.4) is 0 Å². The van der Waals surface area contributed by atoms with Gasteiger partial charge in [0.1, 0.15) is 5.82 Å². The fourth-order valence-electron chi connectivity index (χ4n) is 3.63. The zero-order chi connectivity index (χ0) is 15.7. The van der Waals surface area contributed by atoms with Gasteiger partial charge in [0, 0.05) is 5.02 Å². The topological polar surface area (TPSA) is 26.0 Å². The van der Waals surface area contributed by atoms with Gasteiger partial charge in [0.25, 0.3) is 0 Å². The second kappa shape index (κ2) is 6.26. The zero-order valence-electron chi connectivity index (χ0n) is 13.4. The molecular weight excluding hydrogens is 285 g/mol. The van der Waals surface area contributed by atoms with E-state index in [1.54, 1.807) is 12.1 Å². The normalized spacial score (nSPS) is 26.9. The van der Waals surface area contributed by atoms with Crippen molar-refractivity contribution in [3.8, 4) is 0 Å². The highest BCUT2D eigenvalue weighted by atomic mass is 35.5. The summed E-state index contributed by atoms with van der Waals surface area (Å²) in [6.45, 7) is 7.60. The molecule has 0 heterocycles. The van der Waals surface area contributed by atoms with Gasteiger partial charge in [0.2, 0.25) is 0 Å². The van der Waals surface area contributed by atoms with E-state index >= 15 is 0 Å². The Hall–Kier alpha value is -0.600. The van der Waals surface area contributed by atoms with Gasteiger partial charge in [-0.25, -0.2) is 4.39 Å². The third-order valence-electron chi connectivity index (χ3n) is 5.28. The van der Waals surface area contributed by atoms with Gasteiger partial charge in [-0.1, -0.05) is 32.4 Å². The van der Waals surface area contributed by atoms with E-state index in [-0.39, 0.29) is 11.2 Å². The molecule has 1 aromatic rings. The van der Waals surface area contributed by atoms with Crippen LogP contribution in [0.15, 0.2) is 18.2 Å². The van der Waals surface area contributed by atoms with Crippen molar-refractivity contribution in [1.82, 2.24) is 0 Å². The second-order valence-electron chi connectivity index (χ2n) is 7.76. The Morgan fingerprint density at radius 1 is 1.29 bits per heavy atom. The molecule has 118 valence electrons. The average Bonchev–Trinajstić information content (AvgIpc) is 2.42. The van der Waals surface area contributed by atoms with Crippen LogP contribution in [0, 0.1) is 22.6 Å². The van der Waals surface area contributed by atoms with Gasteiger partial charge in [-0.15, -0.1) is 0 Å². The summed E-state index contributed by atoms with van der Waals surface area (Å²) >= 11 is 6.23. The zero-order valence-corrected chi connectivity index (χ0v) is 14.1. The molecule has 0 atom stereocenters. The number of hydrogen-bond donors (Lipinski definition) is 1. The Labute approximate surface area is 133 Å². The molecule has 0 bridgehead atoms. The summed E-state index contributed by atoms with van der Waals surface area (Å²) in [5, 5.41) is 0.655. The van der Waals surface area contributed by atoms with E-state index in [1.807, 2.05) is 0 Å². The fourth-order valence-corrected chi connectivity index (χ4v) is 3.82. The summed E-state index contributed by atoms with van der Waals surface area (Å²) in [5.74, 6) is 0.533. The molecule has 2 rings (SSSR count). The number of halogens is 2. The molecule has 1 aliphatic carbocycles. The molecule has 0 aliphatic heterocycles. The summed E-state index contributed by atoms with van der Waals surface area (Å²) in [4.78, 5) is 0. The van der Waals surface area contributed by atoms with Crippen molar-refractivity contribution in [3.63, 3.8) is 0 Å². The first-order chi connectivity index (χ1) is 9.76. The fraction of sp³-hybridized carbons (Fsp3) is 0.667. The lowest BCUT2D eigenvalue weighted by atomic mass is 9.62. The Bertz CT molecular complexity index is 484.